The van der Waals surface area contributed by atoms with Crippen LogP contribution in [0.1, 0.15) is 45.4 Å². The molecule has 0 radical (unpaired) electrons. The molecule has 3 rings (SSSR count). The minimum Gasteiger partial charge on any atom is -0.453 e. The van der Waals surface area contributed by atoms with Crippen LogP contribution in [0.4, 0.5) is 11.4 Å². The molecule has 1 aliphatic heterocycles. The summed E-state index contributed by atoms with van der Waals surface area (Å²) in [6.45, 7) is 4.84. The molecule has 148 valence electrons. The van der Waals surface area contributed by atoms with Gasteiger partial charge in [0.25, 0.3) is 5.91 Å². The van der Waals surface area contributed by atoms with Gasteiger partial charge >= 0.3 is 5.97 Å². The fraction of sp³-hybridized carbons (Fsp3) is 0.619. The average Bonchev–Trinajstić information content (AvgIpc) is 3.21. The summed E-state index contributed by atoms with van der Waals surface area (Å²) < 4.78 is 10.7. The van der Waals surface area contributed by atoms with Gasteiger partial charge in [-0.25, -0.2) is 0 Å². The van der Waals surface area contributed by atoms with E-state index in [0.717, 1.165) is 38.4 Å². The fourth-order valence-corrected chi connectivity index (χ4v) is 3.75. The zero-order valence-corrected chi connectivity index (χ0v) is 16.1. The molecular formula is C21H30N2O4. The van der Waals surface area contributed by atoms with Crippen molar-refractivity contribution in [3.8, 4) is 0 Å². The van der Waals surface area contributed by atoms with E-state index in [9.17, 15) is 9.59 Å². The summed E-state index contributed by atoms with van der Waals surface area (Å²) in [5.41, 5.74) is 1.81. The van der Waals surface area contributed by atoms with Gasteiger partial charge in [-0.05, 0) is 43.5 Å². The van der Waals surface area contributed by atoms with Crippen molar-refractivity contribution in [3.05, 3.63) is 24.3 Å². The molecule has 2 fully saturated rings. The van der Waals surface area contributed by atoms with E-state index in [1.54, 1.807) is 6.92 Å². The van der Waals surface area contributed by atoms with Crippen molar-refractivity contribution in [2.75, 3.05) is 36.5 Å². The minimum absolute atomic E-state index is 0.285. The number of ether oxygens (including phenoxy) is 2. The molecule has 1 heterocycles. The van der Waals surface area contributed by atoms with Crippen LogP contribution in [0.15, 0.2) is 24.3 Å². The van der Waals surface area contributed by atoms with E-state index in [1.165, 1.54) is 25.7 Å². The summed E-state index contributed by atoms with van der Waals surface area (Å²) in [4.78, 5) is 26.5. The Balaban J connectivity index is 1.42. The number of nitrogens with zero attached hydrogens (tertiary/aromatic N) is 1. The van der Waals surface area contributed by atoms with Gasteiger partial charge in [0.1, 0.15) is 0 Å². The number of benzene rings is 1. The summed E-state index contributed by atoms with van der Waals surface area (Å²) in [6, 6.07) is 7.72. The number of amides is 1. The number of anilines is 2. The van der Waals surface area contributed by atoms with Gasteiger partial charge in [0.05, 0.1) is 13.2 Å². The third-order valence-electron chi connectivity index (χ3n) is 5.42. The number of morpholine rings is 1. The number of rotatable bonds is 7. The second-order valence-corrected chi connectivity index (χ2v) is 7.46. The lowest BCUT2D eigenvalue weighted by atomic mass is 10.0. The minimum atomic E-state index is -0.792. The van der Waals surface area contributed by atoms with E-state index < -0.39 is 6.10 Å². The van der Waals surface area contributed by atoms with Crippen molar-refractivity contribution in [2.24, 2.45) is 5.92 Å². The van der Waals surface area contributed by atoms with Crippen LogP contribution in [0.2, 0.25) is 0 Å². The van der Waals surface area contributed by atoms with Gasteiger partial charge in [0, 0.05) is 30.9 Å². The maximum absolute atomic E-state index is 12.3. The maximum Gasteiger partial charge on any atom is 0.306 e. The number of nitrogens with one attached hydrogen (secondary N) is 1. The summed E-state index contributed by atoms with van der Waals surface area (Å²) in [5.74, 6) is 0.0576. The molecule has 1 saturated heterocycles. The molecule has 0 aromatic heterocycles. The van der Waals surface area contributed by atoms with Gasteiger partial charge in [-0.3, -0.25) is 9.59 Å². The van der Waals surface area contributed by atoms with Gasteiger partial charge in [-0.2, -0.15) is 0 Å². The standard InChI is InChI=1S/C21H30N2O4/c1-16(27-20(24)11-6-17-4-2-3-5-17)21(25)22-18-7-9-19(10-8-18)23-12-14-26-15-13-23/h7-10,16-17H,2-6,11-15H2,1H3,(H,22,25). The van der Waals surface area contributed by atoms with Crippen LogP contribution >= 0.6 is 0 Å². The Morgan fingerprint density at radius 3 is 2.52 bits per heavy atom. The Labute approximate surface area is 161 Å². The van der Waals surface area contributed by atoms with E-state index in [1.807, 2.05) is 24.3 Å². The van der Waals surface area contributed by atoms with Crippen molar-refractivity contribution >= 4 is 23.3 Å². The molecule has 1 N–H and O–H groups in total. The van der Waals surface area contributed by atoms with Gasteiger partial charge in [0.15, 0.2) is 6.10 Å². The predicted octanol–water partition coefficient (Wildman–Crippen LogP) is 3.36. The summed E-state index contributed by atoms with van der Waals surface area (Å²) in [6.07, 6.45) is 5.44. The Morgan fingerprint density at radius 2 is 1.85 bits per heavy atom. The SMILES string of the molecule is CC(OC(=O)CCC1CCCC1)C(=O)Nc1ccc(N2CCOCC2)cc1. The summed E-state index contributed by atoms with van der Waals surface area (Å²) >= 11 is 0. The highest BCUT2D eigenvalue weighted by molar-refractivity contribution is 5.95. The van der Waals surface area contributed by atoms with Crippen LogP contribution in [0.3, 0.4) is 0 Å². The monoisotopic (exact) mass is 374 g/mol. The highest BCUT2D eigenvalue weighted by Crippen LogP contribution is 2.28. The normalized spacial score (nSPS) is 18.9. The second kappa shape index (κ2) is 9.74. The van der Waals surface area contributed by atoms with E-state index in [0.29, 0.717) is 18.0 Å². The first-order valence-corrected chi connectivity index (χ1v) is 10.0. The lowest BCUT2D eigenvalue weighted by molar-refractivity contribution is -0.153. The molecule has 1 atom stereocenters. The first kappa shape index (κ1) is 19.7. The fourth-order valence-electron chi connectivity index (χ4n) is 3.75. The second-order valence-electron chi connectivity index (χ2n) is 7.46. The summed E-state index contributed by atoms with van der Waals surface area (Å²) in [7, 11) is 0. The van der Waals surface area contributed by atoms with Crippen LogP contribution in [0.25, 0.3) is 0 Å². The average molecular weight is 374 g/mol. The Bertz CT molecular complexity index is 620. The number of hydrogen-bond donors (Lipinski definition) is 1. The highest BCUT2D eigenvalue weighted by Gasteiger charge is 2.21. The van der Waals surface area contributed by atoms with Gasteiger partial charge in [-0.1, -0.05) is 25.7 Å². The number of hydrogen-bond acceptors (Lipinski definition) is 5. The lowest BCUT2D eigenvalue weighted by Gasteiger charge is -2.28. The number of carbonyl (C=O) groups is 2. The van der Waals surface area contributed by atoms with Gasteiger partial charge in [0.2, 0.25) is 0 Å². The molecule has 1 aromatic carbocycles. The van der Waals surface area contributed by atoms with Crippen LogP contribution in [0.5, 0.6) is 0 Å². The zero-order chi connectivity index (χ0) is 19.1. The summed E-state index contributed by atoms with van der Waals surface area (Å²) in [5, 5.41) is 2.82. The molecule has 1 aromatic rings. The molecule has 1 saturated carbocycles. The molecule has 1 unspecified atom stereocenters. The van der Waals surface area contributed by atoms with E-state index in [4.69, 9.17) is 9.47 Å². The Morgan fingerprint density at radius 1 is 1.19 bits per heavy atom. The molecular weight excluding hydrogens is 344 g/mol. The molecule has 2 aliphatic rings. The van der Waals surface area contributed by atoms with Crippen molar-refractivity contribution in [1.82, 2.24) is 0 Å². The van der Waals surface area contributed by atoms with Crippen molar-refractivity contribution in [3.63, 3.8) is 0 Å². The molecule has 1 aliphatic carbocycles. The topological polar surface area (TPSA) is 67.9 Å². The third kappa shape index (κ3) is 5.96. The lowest BCUT2D eigenvalue weighted by Crippen LogP contribution is -2.36. The number of carbonyl (C=O) groups excluding carboxylic acids is 2. The predicted molar refractivity (Wildman–Crippen MR) is 105 cm³/mol. The third-order valence-corrected chi connectivity index (χ3v) is 5.42. The molecule has 6 heteroatoms. The van der Waals surface area contributed by atoms with Gasteiger partial charge in [-0.15, -0.1) is 0 Å². The Kier molecular flexibility index (Phi) is 7.10. The first-order valence-electron chi connectivity index (χ1n) is 10.0. The van der Waals surface area contributed by atoms with Crippen molar-refractivity contribution in [1.29, 1.82) is 0 Å². The van der Waals surface area contributed by atoms with Crippen LogP contribution in [0, 0.1) is 5.92 Å². The molecule has 6 nitrogen and oxygen atoms in total. The largest absolute Gasteiger partial charge is 0.453 e. The van der Waals surface area contributed by atoms with Crippen LogP contribution < -0.4 is 10.2 Å². The molecule has 0 spiro atoms. The van der Waals surface area contributed by atoms with E-state index in [2.05, 4.69) is 10.2 Å². The maximum atomic E-state index is 12.3. The number of esters is 1. The van der Waals surface area contributed by atoms with E-state index >= 15 is 0 Å². The molecule has 1 amide bonds. The van der Waals surface area contributed by atoms with Crippen molar-refractivity contribution in [2.45, 2.75) is 51.6 Å². The molecule has 0 bridgehead atoms. The molecule has 27 heavy (non-hydrogen) atoms. The Hall–Kier alpha value is -2.08. The van der Waals surface area contributed by atoms with Crippen LogP contribution in [-0.2, 0) is 19.1 Å². The highest BCUT2D eigenvalue weighted by atomic mass is 16.5. The van der Waals surface area contributed by atoms with E-state index in [-0.39, 0.29) is 11.9 Å². The van der Waals surface area contributed by atoms with Crippen LogP contribution in [-0.4, -0.2) is 44.3 Å². The smallest absolute Gasteiger partial charge is 0.306 e. The van der Waals surface area contributed by atoms with Crippen molar-refractivity contribution < 1.29 is 19.1 Å². The first-order chi connectivity index (χ1) is 13.1. The zero-order valence-electron chi connectivity index (χ0n) is 16.1. The quantitative estimate of drug-likeness (QED) is 0.741. The van der Waals surface area contributed by atoms with Gasteiger partial charge < -0.3 is 19.7 Å².